The van der Waals surface area contributed by atoms with Gasteiger partial charge in [0.2, 0.25) is 12.6 Å². The van der Waals surface area contributed by atoms with Crippen molar-refractivity contribution in [3.63, 3.8) is 0 Å². The number of rotatable bonds is 0. The summed E-state index contributed by atoms with van der Waals surface area (Å²) in [5.41, 5.74) is 2.64. The first-order valence-corrected chi connectivity index (χ1v) is 8.37. The Bertz CT molecular complexity index is 967. The number of fused-ring (bicyclic) bond motifs is 4. The first-order valence-electron chi connectivity index (χ1n) is 8.37. The van der Waals surface area contributed by atoms with E-state index in [0.29, 0.717) is 56.4 Å². The summed E-state index contributed by atoms with van der Waals surface area (Å²) in [6.07, 6.45) is 0. The Labute approximate surface area is 149 Å². The summed E-state index contributed by atoms with van der Waals surface area (Å²) in [6.45, 7) is 7.23. The van der Waals surface area contributed by atoms with Crippen molar-refractivity contribution in [1.29, 1.82) is 0 Å². The van der Waals surface area contributed by atoms with Gasteiger partial charge in [0, 0.05) is 47.2 Å². The van der Waals surface area contributed by atoms with E-state index in [-0.39, 0.29) is 18.4 Å². The topological polar surface area (TPSA) is 71.1 Å². The second-order valence-electron chi connectivity index (χ2n) is 7.17. The van der Waals surface area contributed by atoms with Crippen molar-refractivity contribution in [3.05, 3.63) is 45.5 Å². The van der Waals surface area contributed by atoms with Gasteiger partial charge in [0.25, 0.3) is 0 Å². The number of benzene rings is 2. The highest BCUT2D eigenvalue weighted by Crippen LogP contribution is 2.50. The lowest BCUT2D eigenvalue weighted by atomic mass is 9.79. The first-order chi connectivity index (χ1) is 12.3. The van der Waals surface area contributed by atoms with E-state index in [9.17, 15) is 9.59 Å². The van der Waals surface area contributed by atoms with E-state index >= 15 is 0 Å². The van der Waals surface area contributed by atoms with Crippen LogP contribution in [0.5, 0.6) is 23.0 Å². The highest BCUT2D eigenvalue weighted by molar-refractivity contribution is 6.30. The molecule has 5 rings (SSSR count). The molecule has 2 heterocycles. The zero-order valence-electron chi connectivity index (χ0n) is 14.8. The lowest BCUT2D eigenvalue weighted by molar-refractivity contribution is -0.0437. The number of hydrogen-bond acceptors (Lipinski definition) is 6. The molecule has 6 nitrogen and oxygen atoms in total. The normalized spacial score (nSPS) is 18.0. The molecule has 0 fully saturated rings. The van der Waals surface area contributed by atoms with Crippen LogP contribution >= 0.6 is 0 Å². The third-order valence-electron chi connectivity index (χ3n) is 5.04. The monoisotopic (exact) mass is 352 g/mol. The summed E-state index contributed by atoms with van der Waals surface area (Å²) in [6, 6.07) is 3.17. The summed E-state index contributed by atoms with van der Waals surface area (Å²) < 4.78 is 22.5. The fourth-order valence-electron chi connectivity index (χ4n) is 3.86. The minimum Gasteiger partial charge on any atom is -0.454 e. The van der Waals surface area contributed by atoms with Crippen LogP contribution in [0.4, 0.5) is 0 Å². The van der Waals surface area contributed by atoms with Crippen molar-refractivity contribution in [2.45, 2.75) is 33.5 Å². The van der Waals surface area contributed by atoms with Crippen molar-refractivity contribution >= 4 is 11.6 Å². The second-order valence-corrected chi connectivity index (χ2v) is 7.17. The average Bonchev–Trinajstić information content (AvgIpc) is 3.17. The van der Waals surface area contributed by atoms with E-state index in [1.54, 1.807) is 39.8 Å². The fourth-order valence-corrected chi connectivity index (χ4v) is 3.86. The van der Waals surface area contributed by atoms with Crippen LogP contribution in [0.3, 0.4) is 0 Å². The predicted molar refractivity (Wildman–Crippen MR) is 90.7 cm³/mol. The maximum absolute atomic E-state index is 13.2. The standard InChI is InChI=1S/C20H16O6/c1-8-14-15(9(2)19-18(8)25-20(3,4)26-19)17(22)11-6-13-12(23-7-24-13)5-10(11)16(14)21/h5-6H,7H2,1-4H3. The van der Waals surface area contributed by atoms with Crippen LogP contribution in [-0.2, 0) is 0 Å². The SMILES string of the molecule is Cc1c2c(c(C)c3c1C(=O)c1cc4c(cc1C3=O)OCO4)OC(C)(C)O2. The van der Waals surface area contributed by atoms with Gasteiger partial charge >= 0.3 is 0 Å². The van der Waals surface area contributed by atoms with Crippen LogP contribution in [-0.4, -0.2) is 24.1 Å². The Morgan fingerprint density at radius 2 is 1.23 bits per heavy atom. The molecule has 0 amide bonds. The van der Waals surface area contributed by atoms with Gasteiger partial charge < -0.3 is 18.9 Å². The molecule has 6 heteroatoms. The van der Waals surface area contributed by atoms with Crippen LogP contribution in [0.2, 0.25) is 0 Å². The van der Waals surface area contributed by atoms with Crippen LogP contribution in [0.25, 0.3) is 0 Å². The highest BCUT2D eigenvalue weighted by Gasteiger charge is 2.42. The molecule has 0 radical (unpaired) electrons. The van der Waals surface area contributed by atoms with E-state index in [1.807, 2.05) is 0 Å². The molecule has 0 unspecified atom stereocenters. The molecule has 132 valence electrons. The maximum atomic E-state index is 13.2. The van der Waals surface area contributed by atoms with E-state index in [1.165, 1.54) is 0 Å². The quantitative estimate of drug-likeness (QED) is 0.618. The van der Waals surface area contributed by atoms with Crippen molar-refractivity contribution in [2.24, 2.45) is 0 Å². The van der Waals surface area contributed by atoms with E-state index in [0.717, 1.165) is 0 Å². The van der Waals surface area contributed by atoms with Crippen molar-refractivity contribution < 1.29 is 28.5 Å². The molecule has 1 aliphatic carbocycles. The smallest absolute Gasteiger partial charge is 0.246 e. The van der Waals surface area contributed by atoms with Crippen LogP contribution < -0.4 is 18.9 Å². The van der Waals surface area contributed by atoms with Gasteiger partial charge in [-0.3, -0.25) is 9.59 Å². The number of hydrogen-bond donors (Lipinski definition) is 0. The Kier molecular flexibility index (Phi) is 2.68. The molecule has 0 aromatic heterocycles. The van der Waals surface area contributed by atoms with Gasteiger partial charge in [0.1, 0.15) is 0 Å². The molecule has 0 saturated carbocycles. The summed E-state index contributed by atoms with van der Waals surface area (Å²) >= 11 is 0. The molecule has 0 N–H and O–H groups in total. The lowest BCUT2D eigenvalue weighted by Gasteiger charge is -2.22. The molecule has 2 aromatic rings. The lowest BCUT2D eigenvalue weighted by Crippen LogP contribution is -2.30. The molecule has 0 saturated heterocycles. The molecule has 3 aliphatic rings. The Balaban J connectivity index is 1.80. The largest absolute Gasteiger partial charge is 0.454 e. The van der Waals surface area contributed by atoms with Crippen LogP contribution in [0.15, 0.2) is 12.1 Å². The Morgan fingerprint density at radius 3 is 1.65 bits per heavy atom. The minimum absolute atomic E-state index is 0.0800. The van der Waals surface area contributed by atoms with E-state index in [2.05, 4.69) is 0 Å². The summed E-state index contributed by atoms with van der Waals surface area (Å²) in [5.74, 6) is 0.723. The molecular formula is C20H16O6. The van der Waals surface area contributed by atoms with Crippen LogP contribution in [0, 0.1) is 13.8 Å². The summed E-state index contributed by atoms with van der Waals surface area (Å²) in [4.78, 5) is 26.5. The number of carbonyl (C=O) groups is 2. The summed E-state index contributed by atoms with van der Waals surface area (Å²) in [7, 11) is 0. The molecule has 0 bridgehead atoms. The molecule has 2 aromatic carbocycles. The third-order valence-corrected chi connectivity index (χ3v) is 5.04. The number of carbonyl (C=O) groups excluding carboxylic acids is 2. The minimum atomic E-state index is -0.844. The molecule has 26 heavy (non-hydrogen) atoms. The van der Waals surface area contributed by atoms with E-state index in [4.69, 9.17) is 18.9 Å². The maximum Gasteiger partial charge on any atom is 0.246 e. The Hall–Kier alpha value is -3.02. The van der Waals surface area contributed by atoms with Gasteiger partial charge in [0.15, 0.2) is 34.6 Å². The molecule has 2 aliphatic heterocycles. The Morgan fingerprint density at radius 1 is 0.808 bits per heavy atom. The van der Waals surface area contributed by atoms with Gasteiger partial charge in [0.05, 0.1) is 0 Å². The van der Waals surface area contributed by atoms with Gasteiger partial charge in [-0.05, 0) is 26.0 Å². The van der Waals surface area contributed by atoms with Crippen LogP contribution in [0.1, 0.15) is 56.8 Å². The van der Waals surface area contributed by atoms with Crippen molar-refractivity contribution in [1.82, 2.24) is 0 Å². The zero-order valence-corrected chi connectivity index (χ0v) is 14.8. The highest BCUT2D eigenvalue weighted by atomic mass is 16.7. The van der Waals surface area contributed by atoms with Gasteiger partial charge in [-0.1, -0.05) is 0 Å². The third kappa shape index (κ3) is 1.76. The first kappa shape index (κ1) is 15.3. The second kappa shape index (κ2) is 4.58. The van der Waals surface area contributed by atoms with Gasteiger partial charge in [-0.25, -0.2) is 0 Å². The van der Waals surface area contributed by atoms with Gasteiger partial charge in [-0.15, -0.1) is 0 Å². The van der Waals surface area contributed by atoms with Gasteiger partial charge in [-0.2, -0.15) is 0 Å². The number of ketones is 2. The average molecular weight is 352 g/mol. The number of ether oxygens (including phenoxy) is 4. The molecule has 0 atom stereocenters. The van der Waals surface area contributed by atoms with Crippen molar-refractivity contribution in [3.8, 4) is 23.0 Å². The predicted octanol–water partition coefficient (Wildman–Crippen LogP) is 3.31. The van der Waals surface area contributed by atoms with Crippen molar-refractivity contribution in [2.75, 3.05) is 6.79 Å². The fraction of sp³-hybridized carbons (Fsp3) is 0.300. The van der Waals surface area contributed by atoms with E-state index < -0.39 is 5.79 Å². The molecule has 0 spiro atoms. The molecular weight excluding hydrogens is 336 g/mol. The zero-order chi connectivity index (χ0) is 18.4. The summed E-state index contributed by atoms with van der Waals surface area (Å²) in [5, 5.41) is 0.